The fourth-order valence-electron chi connectivity index (χ4n) is 2.00. The average Bonchev–Trinajstić information content (AvgIpc) is 2.25. The molecule has 2 rings (SSSR count). The van der Waals surface area contributed by atoms with E-state index in [4.69, 9.17) is 11.6 Å². The summed E-state index contributed by atoms with van der Waals surface area (Å²) < 4.78 is 1.71. The van der Waals surface area contributed by atoms with Gasteiger partial charge >= 0.3 is 0 Å². The third-order valence-electron chi connectivity index (χ3n) is 2.80. The summed E-state index contributed by atoms with van der Waals surface area (Å²) in [5, 5.41) is 3.96. The highest BCUT2D eigenvalue weighted by Gasteiger charge is 2.13. The molecule has 0 bridgehead atoms. The van der Waals surface area contributed by atoms with E-state index in [1.54, 1.807) is 16.8 Å². The van der Waals surface area contributed by atoms with Crippen molar-refractivity contribution in [3.05, 3.63) is 33.7 Å². The molecular weight excluding hydrogens is 212 g/mol. The molecule has 0 radical (unpaired) electrons. The highest BCUT2D eigenvalue weighted by atomic mass is 35.5. The van der Waals surface area contributed by atoms with E-state index in [0.717, 1.165) is 19.6 Å². The van der Waals surface area contributed by atoms with Crippen LogP contribution in [0.5, 0.6) is 0 Å². The van der Waals surface area contributed by atoms with Gasteiger partial charge in [-0.25, -0.2) is 0 Å². The first-order valence-electron chi connectivity index (χ1n) is 5.32. The first-order chi connectivity index (χ1) is 7.25. The molecule has 1 aliphatic rings. The lowest BCUT2D eigenvalue weighted by atomic mass is 10.00. The summed E-state index contributed by atoms with van der Waals surface area (Å²) >= 11 is 5.86. The first kappa shape index (κ1) is 10.7. The molecule has 1 aromatic heterocycles. The number of nitrogens with one attached hydrogen (secondary N) is 1. The summed E-state index contributed by atoms with van der Waals surface area (Å²) in [6.45, 7) is 2.87. The summed E-state index contributed by atoms with van der Waals surface area (Å²) in [6.07, 6.45) is 4.10. The second kappa shape index (κ2) is 4.81. The zero-order valence-corrected chi connectivity index (χ0v) is 9.33. The minimum Gasteiger partial charge on any atom is -0.316 e. The van der Waals surface area contributed by atoms with Crippen LogP contribution in [0.15, 0.2) is 23.1 Å². The lowest BCUT2D eigenvalue weighted by molar-refractivity contribution is 0.334. The van der Waals surface area contributed by atoms with Crippen molar-refractivity contribution in [2.75, 3.05) is 13.1 Å². The van der Waals surface area contributed by atoms with Gasteiger partial charge in [0.15, 0.2) is 0 Å². The maximum atomic E-state index is 11.5. The predicted octanol–water partition coefficient (Wildman–Crippen LogP) is 1.50. The molecule has 1 fully saturated rings. The van der Waals surface area contributed by atoms with Gasteiger partial charge in [0.05, 0.1) is 5.02 Å². The van der Waals surface area contributed by atoms with Crippen LogP contribution in [0.3, 0.4) is 0 Å². The largest absolute Gasteiger partial charge is 0.316 e. The zero-order valence-electron chi connectivity index (χ0n) is 8.58. The molecule has 0 aromatic carbocycles. The van der Waals surface area contributed by atoms with Gasteiger partial charge in [0.25, 0.3) is 5.56 Å². The van der Waals surface area contributed by atoms with Gasteiger partial charge in [-0.1, -0.05) is 11.6 Å². The minimum atomic E-state index is 0.0324. The number of rotatable bonds is 2. The fourth-order valence-corrected chi connectivity index (χ4v) is 2.18. The lowest BCUT2D eigenvalue weighted by Gasteiger charge is -2.23. The third-order valence-corrected chi connectivity index (χ3v) is 3.02. The molecule has 82 valence electrons. The third kappa shape index (κ3) is 2.83. The average molecular weight is 227 g/mol. The van der Waals surface area contributed by atoms with Crippen molar-refractivity contribution < 1.29 is 0 Å². The molecule has 1 aliphatic heterocycles. The van der Waals surface area contributed by atoms with E-state index in [1.165, 1.54) is 18.9 Å². The van der Waals surface area contributed by atoms with Crippen molar-refractivity contribution >= 4 is 11.6 Å². The molecule has 0 spiro atoms. The normalized spacial score (nSPS) is 21.5. The smallest absolute Gasteiger partial charge is 0.250 e. The first-order valence-corrected chi connectivity index (χ1v) is 5.70. The standard InChI is InChI=1S/C11H15ClN2O/c12-10-3-4-11(15)14(8-10)7-9-2-1-5-13-6-9/h3-4,8-9,13H,1-2,5-7H2/t9-/m1/s1. The Hall–Kier alpha value is -0.800. The number of halogens is 1. The van der Waals surface area contributed by atoms with Crippen molar-refractivity contribution in [1.29, 1.82) is 0 Å². The number of aromatic nitrogens is 1. The highest BCUT2D eigenvalue weighted by molar-refractivity contribution is 6.30. The van der Waals surface area contributed by atoms with E-state index in [2.05, 4.69) is 5.32 Å². The second-order valence-electron chi connectivity index (χ2n) is 4.05. The Morgan fingerprint density at radius 3 is 3.13 bits per heavy atom. The van der Waals surface area contributed by atoms with Crippen molar-refractivity contribution in [2.24, 2.45) is 5.92 Å². The molecule has 1 saturated heterocycles. The summed E-state index contributed by atoms with van der Waals surface area (Å²) in [4.78, 5) is 11.5. The molecule has 3 nitrogen and oxygen atoms in total. The molecule has 0 aliphatic carbocycles. The predicted molar refractivity (Wildman–Crippen MR) is 61.3 cm³/mol. The Labute approximate surface area is 94.1 Å². The van der Waals surface area contributed by atoms with Crippen LogP contribution in [0.2, 0.25) is 5.02 Å². The van der Waals surface area contributed by atoms with Crippen molar-refractivity contribution in [3.63, 3.8) is 0 Å². The van der Waals surface area contributed by atoms with Crippen LogP contribution in [0.25, 0.3) is 0 Å². The Kier molecular flexibility index (Phi) is 3.44. The van der Waals surface area contributed by atoms with Crippen LogP contribution >= 0.6 is 11.6 Å². The molecule has 0 saturated carbocycles. The summed E-state index contributed by atoms with van der Waals surface area (Å²) in [7, 11) is 0. The topological polar surface area (TPSA) is 34.0 Å². The van der Waals surface area contributed by atoms with Crippen molar-refractivity contribution in [2.45, 2.75) is 19.4 Å². The molecule has 1 aromatic rings. The molecule has 4 heteroatoms. The van der Waals surface area contributed by atoms with E-state index >= 15 is 0 Å². The Balaban J connectivity index is 2.09. The molecule has 2 heterocycles. The fraction of sp³-hybridized carbons (Fsp3) is 0.545. The van der Waals surface area contributed by atoms with Crippen LogP contribution in [-0.4, -0.2) is 17.7 Å². The number of pyridine rings is 1. The lowest BCUT2D eigenvalue weighted by Crippen LogP contribution is -2.34. The SMILES string of the molecule is O=c1ccc(Cl)cn1C[C@@H]1CCCNC1. The van der Waals surface area contributed by atoms with E-state index in [0.29, 0.717) is 10.9 Å². The maximum absolute atomic E-state index is 11.5. The van der Waals surface area contributed by atoms with Gasteiger partial charge in [-0.3, -0.25) is 4.79 Å². The number of hydrogen-bond donors (Lipinski definition) is 1. The molecule has 1 N–H and O–H groups in total. The highest BCUT2D eigenvalue weighted by Crippen LogP contribution is 2.12. The van der Waals surface area contributed by atoms with E-state index in [1.807, 2.05) is 0 Å². The maximum Gasteiger partial charge on any atom is 0.250 e. The Bertz CT molecular complexity index is 382. The molecule has 1 atom stereocenters. The number of nitrogens with zero attached hydrogens (tertiary/aromatic N) is 1. The molecule has 15 heavy (non-hydrogen) atoms. The minimum absolute atomic E-state index is 0.0324. The van der Waals surface area contributed by atoms with Crippen LogP contribution < -0.4 is 10.9 Å². The quantitative estimate of drug-likeness (QED) is 0.830. The summed E-state index contributed by atoms with van der Waals surface area (Å²) in [6, 6.07) is 3.16. The van der Waals surface area contributed by atoms with Crippen LogP contribution in [0.1, 0.15) is 12.8 Å². The summed E-state index contributed by atoms with van der Waals surface area (Å²) in [5.74, 6) is 0.551. The van der Waals surface area contributed by atoms with Gasteiger partial charge in [0.2, 0.25) is 0 Å². The van der Waals surface area contributed by atoms with Crippen LogP contribution in [0.4, 0.5) is 0 Å². The zero-order chi connectivity index (χ0) is 10.7. The Morgan fingerprint density at radius 2 is 2.40 bits per heavy atom. The summed E-state index contributed by atoms with van der Waals surface area (Å²) in [5.41, 5.74) is 0.0324. The Morgan fingerprint density at radius 1 is 1.53 bits per heavy atom. The van der Waals surface area contributed by atoms with Crippen molar-refractivity contribution in [3.8, 4) is 0 Å². The molecule has 0 amide bonds. The van der Waals surface area contributed by atoms with Gasteiger partial charge in [0, 0.05) is 18.8 Å². The van der Waals surface area contributed by atoms with E-state index < -0.39 is 0 Å². The van der Waals surface area contributed by atoms with Gasteiger partial charge in [-0.15, -0.1) is 0 Å². The van der Waals surface area contributed by atoms with Gasteiger partial charge in [-0.05, 0) is 37.9 Å². The van der Waals surface area contributed by atoms with Gasteiger partial charge < -0.3 is 9.88 Å². The monoisotopic (exact) mass is 226 g/mol. The van der Waals surface area contributed by atoms with Crippen molar-refractivity contribution in [1.82, 2.24) is 9.88 Å². The van der Waals surface area contributed by atoms with Crippen LogP contribution in [0, 0.1) is 5.92 Å². The van der Waals surface area contributed by atoms with Gasteiger partial charge in [-0.2, -0.15) is 0 Å². The van der Waals surface area contributed by atoms with E-state index in [-0.39, 0.29) is 5.56 Å². The van der Waals surface area contributed by atoms with Crippen LogP contribution in [-0.2, 0) is 6.54 Å². The van der Waals surface area contributed by atoms with Gasteiger partial charge in [0.1, 0.15) is 0 Å². The molecular formula is C11H15ClN2O. The second-order valence-corrected chi connectivity index (χ2v) is 4.49. The number of piperidine rings is 1. The van der Waals surface area contributed by atoms with E-state index in [9.17, 15) is 4.79 Å². The molecule has 0 unspecified atom stereocenters. The number of hydrogen-bond acceptors (Lipinski definition) is 2.